The number of rotatable bonds is 3. The number of nitrogens with one attached hydrogen (secondary N) is 1. The quantitative estimate of drug-likeness (QED) is 0.930. The fraction of sp³-hybridized carbons (Fsp3) is 0.647. The summed E-state index contributed by atoms with van der Waals surface area (Å²) in [7, 11) is -3.18. The third kappa shape index (κ3) is 1.95. The molecule has 2 saturated carbocycles. The van der Waals surface area contributed by atoms with Gasteiger partial charge >= 0.3 is 0 Å². The smallest absolute Gasteiger partial charge is 0.175 e. The monoisotopic (exact) mass is 321 g/mol. The van der Waals surface area contributed by atoms with Crippen molar-refractivity contribution in [3.05, 3.63) is 23.8 Å². The number of fused-ring (bicyclic) bond motifs is 2. The van der Waals surface area contributed by atoms with Gasteiger partial charge in [0.05, 0.1) is 11.0 Å². The van der Waals surface area contributed by atoms with Gasteiger partial charge in [0.15, 0.2) is 9.84 Å². The molecule has 120 valence electrons. The zero-order chi connectivity index (χ0) is 15.5. The van der Waals surface area contributed by atoms with Gasteiger partial charge in [-0.2, -0.15) is 0 Å². The van der Waals surface area contributed by atoms with Gasteiger partial charge in [-0.05, 0) is 43.9 Å². The Morgan fingerprint density at radius 3 is 2.73 bits per heavy atom. The van der Waals surface area contributed by atoms with Gasteiger partial charge in [0, 0.05) is 35.9 Å². The molecule has 3 aliphatic rings. The van der Waals surface area contributed by atoms with Gasteiger partial charge in [-0.15, -0.1) is 0 Å². The molecule has 1 saturated heterocycles. The Labute approximate surface area is 132 Å². The Hall–Kier alpha value is -1.07. The van der Waals surface area contributed by atoms with Crippen LogP contribution in [0, 0.1) is 18.3 Å². The summed E-state index contributed by atoms with van der Waals surface area (Å²) < 4.78 is 29.7. The van der Waals surface area contributed by atoms with Crippen LogP contribution in [-0.4, -0.2) is 33.4 Å². The van der Waals surface area contributed by atoms with Crippen LogP contribution in [0.25, 0.3) is 0 Å². The van der Waals surface area contributed by atoms with Gasteiger partial charge in [0.25, 0.3) is 0 Å². The van der Waals surface area contributed by atoms with E-state index in [0.717, 1.165) is 24.3 Å². The first-order chi connectivity index (χ1) is 10.4. The van der Waals surface area contributed by atoms with Gasteiger partial charge in [0.1, 0.15) is 0 Å². The summed E-state index contributed by atoms with van der Waals surface area (Å²) in [5, 5.41) is 3.64. The molecule has 1 aromatic rings. The molecule has 1 aromatic carbocycles. The summed E-state index contributed by atoms with van der Waals surface area (Å²) in [5.74, 6) is 0.586. The average Bonchev–Trinajstić information content (AvgIpc) is 2.80. The number of hydrogen-bond acceptors (Lipinski definition) is 4. The van der Waals surface area contributed by atoms with E-state index in [9.17, 15) is 8.42 Å². The van der Waals surface area contributed by atoms with E-state index in [1.54, 1.807) is 6.07 Å². The van der Waals surface area contributed by atoms with Crippen LogP contribution < -0.4 is 5.32 Å². The highest BCUT2D eigenvalue weighted by molar-refractivity contribution is 7.90. The third-order valence-corrected chi connectivity index (χ3v) is 7.18. The molecule has 0 aromatic heterocycles. The van der Waals surface area contributed by atoms with Crippen LogP contribution in [0.2, 0.25) is 0 Å². The van der Waals surface area contributed by atoms with Crippen molar-refractivity contribution in [2.24, 2.45) is 11.3 Å². The Morgan fingerprint density at radius 2 is 2.09 bits per heavy atom. The first-order valence-corrected chi connectivity index (χ1v) is 10.00. The average molecular weight is 321 g/mol. The summed E-state index contributed by atoms with van der Waals surface area (Å²) in [5.41, 5.74) is 2.03. The maximum absolute atomic E-state index is 11.9. The Balaban J connectivity index is 1.61. The molecular formula is C17H23NO3S. The van der Waals surface area contributed by atoms with E-state index in [4.69, 9.17) is 4.74 Å². The van der Waals surface area contributed by atoms with Crippen LogP contribution in [0.4, 0.5) is 5.69 Å². The molecule has 22 heavy (non-hydrogen) atoms. The number of ether oxygens (including phenoxy) is 1. The van der Waals surface area contributed by atoms with Crippen LogP contribution in [0.15, 0.2) is 23.1 Å². The van der Waals surface area contributed by atoms with Crippen LogP contribution in [0.1, 0.15) is 31.2 Å². The lowest BCUT2D eigenvalue weighted by Gasteiger charge is -2.63. The van der Waals surface area contributed by atoms with Crippen LogP contribution >= 0.6 is 0 Å². The maximum atomic E-state index is 11.9. The molecule has 0 bridgehead atoms. The lowest BCUT2D eigenvalue weighted by molar-refractivity contribution is -0.158. The van der Waals surface area contributed by atoms with E-state index in [1.165, 1.54) is 25.5 Å². The summed E-state index contributed by atoms with van der Waals surface area (Å²) in [6.07, 6.45) is 6.57. The standard InChI is InChI=1S/C17H23NO3S/c1-11-4-5-12(10-14(11)22(2,19)20)18-15-13-6-9-21-16(13)17(15)7-3-8-17/h4-5,10,13,15-16,18H,3,6-9H2,1-2H3/t13-,15+,16-/m0/s1. The zero-order valence-electron chi connectivity index (χ0n) is 13.1. The molecule has 3 atom stereocenters. The Kier molecular flexibility index (Phi) is 3.11. The van der Waals surface area contributed by atoms with Crippen LogP contribution in [0.3, 0.4) is 0 Å². The molecule has 0 unspecified atom stereocenters. The van der Waals surface area contributed by atoms with Crippen molar-refractivity contribution in [3.8, 4) is 0 Å². The van der Waals surface area contributed by atoms with E-state index >= 15 is 0 Å². The lowest BCUT2D eigenvalue weighted by Crippen LogP contribution is -2.68. The molecule has 5 heteroatoms. The van der Waals surface area contributed by atoms with Crippen molar-refractivity contribution in [1.29, 1.82) is 0 Å². The largest absolute Gasteiger partial charge is 0.381 e. The summed E-state index contributed by atoms with van der Waals surface area (Å²) in [6, 6.07) is 6.12. The van der Waals surface area contributed by atoms with E-state index in [1.807, 2.05) is 19.1 Å². The molecule has 1 aliphatic heterocycles. The zero-order valence-corrected chi connectivity index (χ0v) is 13.9. The molecule has 1 N–H and O–H groups in total. The second kappa shape index (κ2) is 4.71. The predicted octanol–water partition coefficient (Wildman–Crippen LogP) is 2.77. The molecule has 4 nitrogen and oxygen atoms in total. The van der Waals surface area contributed by atoms with Gasteiger partial charge in [-0.25, -0.2) is 8.42 Å². The first kappa shape index (κ1) is 14.5. The highest BCUT2D eigenvalue weighted by Gasteiger charge is 2.66. The normalized spacial score (nSPS) is 32.2. The Bertz CT molecular complexity index is 709. The second-order valence-electron chi connectivity index (χ2n) is 7.21. The van der Waals surface area contributed by atoms with E-state index < -0.39 is 9.84 Å². The SMILES string of the molecule is Cc1ccc(N[C@@H]2[C@@H]3CCO[C@@H]3C23CCC3)cc1S(C)(=O)=O. The molecule has 4 rings (SSSR count). The van der Waals surface area contributed by atoms with Crippen molar-refractivity contribution in [2.45, 2.75) is 49.6 Å². The molecule has 1 spiro atoms. The number of hydrogen-bond donors (Lipinski definition) is 1. The molecule has 0 radical (unpaired) electrons. The van der Waals surface area contributed by atoms with Gasteiger partial charge < -0.3 is 10.1 Å². The van der Waals surface area contributed by atoms with Crippen molar-refractivity contribution in [2.75, 3.05) is 18.2 Å². The second-order valence-corrected chi connectivity index (χ2v) is 9.19. The third-order valence-electron chi connectivity index (χ3n) is 5.95. The molecule has 3 fully saturated rings. The molecule has 2 aliphatic carbocycles. The molecule has 0 amide bonds. The van der Waals surface area contributed by atoms with Crippen molar-refractivity contribution in [3.63, 3.8) is 0 Å². The fourth-order valence-corrected chi connectivity index (χ4v) is 5.72. The van der Waals surface area contributed by atoms with Gasteiger partial charge in [-0.3, -0.25) is 0 Å². The number of benzene rings is 1. The maximum Gasteiger partial charge on any atom is 0.175 e. The number of sulfone groups is 1. The highest BCUT2D eigenvalue weighted by Crippen LogP contribution is 2.63. The lowest BCUT2D eigenvalue weighted by atomic mass is 9.46. The first-order valence-electron chi connectivity index (χ1n) is 8.11. The summed E-state index contributed by atoms with van der Waals surface area (Å²) in [6.45, 7) is 2.72. The van der Waals surface area contributed by atoms with Gasteiger partial charge in [0.2, 0.25) is 0 Å². The van der Waals surface area contributed by atoms with E-state index in [-0.39, 0.29) is 0 Å². The minimum atomic E-state index is -3.18. The highest BCUT2D eigenvalue weighted by atomic mass is 32.2. The van der Waals surface area contributed by atoms with Crippen LogP contribution in [-0.2, 0) is 14.6 Å². The van der Waals surface area contributed by atoms with E-state index in [2.05, 4.69) is 5.32 Å². The van der Waals surface area contributed by atoms with Crippen LogP contribution in [0.5, 0.6) is 0 Å². The summed E-state index contributed by atoms with van der Waals surface area (Å²) in [4.78, 5) is 0.429. The van der Waals surface area contributed by atoms with Crippen molar-refractivity contribution >= 4 is 15.5 Å². The van der Waals surface area contributed by atoms with E-state index in [0.29, 0.717) is 28.4 Å². The van der Waals surface area contributed by atoms with Crippen molar-refractivity contribution in [1.82, 2.24) is 0 Å². The fourth-order valence-electron chi connectivity index (χ4n) is 4.72. The van der Waals surface area contributed by atoms with Crippen molar-refractivity contribution < 1.29 is 13.2 Å². The topological polar surface area (TPSA) is 55.4 Å². The predicted molar refractivity (Wildman–Crippen MR) is 85.8 cm³/mol. The molecule has 1 heterocycles. The number of aryl methyl sites for hydroxylation is 1. The minimum absolute atomic E-state index is 0.303. The minimum Gasteiger partial charge on any atom is -0.381 e. The summed E-state index contributed by atoms with van der Waals surface area (Å²) >= 11 is 0. The number of anilines is 1. The van der Waals surface area contributed by atoms with Gasteiger partial charge in [-0.1, -0.05) is 12.5 Å². The Morgan fingerprint density at radius 1 is 1.32 bits per heavy atom. The molecular weight excluding hydrogens is 298 g/mol.